The SMILES string of the molecule is CCNC(=NCC1(c2ccccc2)CCOCC1)NC1CCN(c2ncccc2Cl)C1.I. The first-order valence-corrected chi connectivity index (χ1v) is 11.6. The summed E-state index contributed by atoms with van der Waals surface area (Å²) in [5, 5.41) is 7.77. The van der Waals surface area contributed by atoms with Gasteiger partial charge in [-0.05, 0) is 43.9 Å². The number of nitrogens with zero attached hydrogens (tertiary/aromatic N) is 3. The Labute approximate surface area is 213 Å². The molecule has 3 heterocycles. The molecule has 0 aliphatic carbocycles. The first-order valence-electron chi connectivity index (χ1n) is 11.2. The lowest BCUT2D eigenvalue weighted by Gasteiger charge is -2.36. The molecule has 0 radical (unpaired) electrons. The molecule has 0 amide bonds. The quantitative estimate of drug-likeness (QED) is 0.310. The van der Waals surface area contributed by atoms with E-state index in [-0.39, 0.29) is 29.4 Å². The zero-order chi connectivity index (χ0) is 21.5. The van der Waals surface area contributed by atoms with Crippen molar-refractivity contribution in [3.63, 3.8) is 0 Å². The first-order chi connectivity index (χ1) is 15.2. The summed E-state index contributed by atoms with van der Waals surface area (Å²) in [6.07, 6.45) is 4.81. The number of rotatable bonds is 6. The van der Waals surface area contributed by atoms with E-state index in [1.165, 1.54) is 5.56 Å². The number of benzene rings is 1. The van der Waals surface area contributed by atoms with Crippen LogP contribution in [0, 0.1) is 0 Å². The number of pyridine rings is 1. The monoisotopic (exact) mass is 569 g/mol. The van der Waals surface area contributed by atoms with Crippen LogP contribution in [0.5, 0.6) is 0 Å². The summed E-state index contributed by atoms with van der Waals surface area (Å²) in [5.74, 6) is 1.74. The zero-order valence-corrected chi connectivity index (χ0v) is 21.7. The molecule has 32 heavy (non-hydrogen) atoms. The molecule has 0 bridgehead atoms. The molecule has 1 aromatic heterocycles. The van der Waals surface area contributed by atoms with E-state index in [0.29, 0.717) is 11.1 Å². The number of hydrogen-bond donors (Lipinski definition) is 2. The number of halogens is 2. The Balaban J connectivity index is 0.00000289. The predicted molar refractivity (Wildman–Crippen MR) is 143 cm³/mol. The molecule has 6 nitrogen and oxygen atoms in total. The van der Waals surface area contributed by atoms with Crippen molar-refractivity contribution in [3.05, 3.63) is 59.2 Å². The van der Waals surface area contributed by atoms with Gasteiger partial charge in [0.05, 0.1) is 11.6 Å². The summed E-state index contributed by atoms with van der Waals surface area (Å²) in [6.45, 7) is 7.05. The number of guanidine groups is 1. The van der Waals surface area contributed by atoms with Gasteiger partial charge in [-0.25, -0.2) is 4.98 Å². The number of aliphatic imine (C=N–C) groups is 1. The van der Waals surface area contributed by atoms with Crippen LogP contribution in [0.2, 0.25) is 5.02 Å². The molecule has 1 aromatic carbocycles. The third-order valence-electron chi connectivity index (χ3n) is 6.29. The van der Waals surface area contributed by atoms with Gasteiger partial charge in [-0.2, -0.15) is 0 Å². The maximum absolute atomic E-state index is 6.35. The number of ether oxygens (including phenoxy) is 1. The summed E-state index contributed by atoms with van der Waals surface area (Å²) in [7, 11) is 0. The fourth-order valence-electron chi connectivity index (χ4n) is 4.52. The second-order valence-corrected chi connectivity index (χ2v) is 8.75. The largest absolute Gasteiger partial charge is 0.381 e. The van der Waals surface area contributed by atoms with Crippen molar-refractivity contribution in [1.82, 2.24) is 15.6 Å². The molecule has 174 valence electrons. The van der Waals surface area contributed by atoms with Crippen molar-refractivity contribution < 1.29 is 4.74 Å². The molecule has 0 saturated carbocycles. The van der Waals surface area contributed by atoms with Crippen molar-refractivity contribution in [3.8, 4) is 0 Å². The highest BCUT2D eigenvalue weighted by molar-refractivity contribution is 14.0. The molecule has 2 aromatic rings. The number of anilines is 1. The highest BCUT2D eigenvalue weighted by Crippen LogP contribution is 2.35. The minimum absolute atomic E-state index is 0. The van der Waals surface area contributed by atoms with Gasteiger partial charge < -0.3 is 20.3 Å². The van der Waals surface area contributed by atoms with Gasteiger partial charge in [-0.15, -0.1) is 24.0 Å². The zero-order valence-electron chi connectivity index (χ0n) is 18.6. The Morgan fingerprint density at radius 1 is 1.22 bits per heavy atom. The highest BCUT2D eigenvalue weighted by Gasteiger charge is 2.34. The van der Waals surface area contributed by atoms with Crippen molar-refractivity contribution in [1.29, 1.82) is 0 Å². The van der Waals surface area contributed by atoms with Gasteiger partial charge in [0, 0.05) is 50.5 Å². The lowest BCUT2D eigenvalue weighted by Crippen LogP contribution is -2.46. The van der Waals surface area contributed by atoms with Gasteiger partial charge >= 0.3 is 0 Å². The van der Waals surface area contributed by atoms with E-state index in [1.54, 1.807) is 6.20 Å². The van der Waals surface area contributed by atoms with Crippen LogP contribution in [-0.4, -0.2) is 56.4 Å². The van der Waals surface area contributed by atoms with E-state index < -0.39 is 0 Å². The number of aromatic nitrogens is 1. The molecule has 4 rings (SSSR count). The molecule has 2 fully saturated rings. The molecule has 2 saturated heterocycles. The van der Waals surface area contributed by atoms with Crippen LogP contribution in [0.4, 0.5) is 5.82 Å². The normalized spacial score (nSPS) is 20.5. The molecule has 1 atom stereocenters. The van der Waals surface area contributed by atoms with Gasteiger partial charge in [0.2, 0.25) is 0 Å². The number of nitrogens with one attached hydrogen (secondary N) is 2. The predicted octanol–water partition coefficient (Wildman–Crippen LogP) is 4.24. The van der Waals surface area contributed by atoms with Crippen molar-refractivity contribution in [2.45, 2.75) is 37.6 Å². The fourth-order valence-corrected chi connectivity index (χ4v) is 4.76. The Hall–Kier alpha value is -1.58. The highest BCUT2D eigenvalue weighted by atomic mass is 127. The summed E-state index contributed by atoms with van der Waals surface area (Å²) in [4.78, 5) is 11.7. The van der Waals surface area contributed by atoms with E-state index in [2.05, 4.69) is 57.8 Å². The summed E-state index contributed by atoms with van der Waals surface area (Å²) in [6, 6.07) is 14.8. The van der Waals surface area contributed by atoms with E-state index in [0.717, 1.165) is 70.4 Å². The van der Waals surface area contributed by atoms with Gasteiger partial charge in [0.15, 0.2) is 5.96 Å². The molecular weight excluding hydrogens is 537 g/mol. The lowest BCUT2D eigenvalue weighted by molar-refractivity contribution is 0.0531. The molecular formula is C24H33ClIN5O. The maximum Gasteiger partial charge on any atom is 0.191 e. The number of hydrogen-bond acceptors (Lipinski definition) is 4. The lowest BCUT2D eigenvalue weighted by atomic mass is 9.74. The fraction of sp³-hybridized carbons (Fsp3) is 0.500. The summed E-state index contributed by atoms with van der Waals surface area (Å²) in [5.41, 5.74) is 1.39. The van der Waals surface area contributed by atoms with E-state index in [1.807, 2.05) is 12.1 Å². The average molecular weight is 570 g/mol. The molecule has 0 spiro atoms. The molecule has 2 N–H and O–H groups in total. The van der Waals surface area contributed by atoms with Crippen LogP contribution >= 0.6 is 35.6 Å². The third-order valence-corrected chi connectivity index (χ3v) is 6.58. The maximum atomic E-state index is 6.35. The van der Waals surface area contributed by atoms with Crippen LogP contribution in [-0.2, 0) is 10.2 Å². The molecule has 8 heteroatoms. The van der Waals surface area contributed by atoms with Crippen molar-refractivity contribution in [2.75, 3.05) is 44.3 Å². The Kier molecular flexibility index (Phi) is 9.43. The molecule has 1 unspecified atom stereocenters. The van der Waals surface area contributed by atoms with Crippen LogP contribution in [0.25, 0.3) is 0 Å². The van der Waals surface area contributed by atoms with Crippen LogP contribution in [0.3, 0.4) is 0 Å². The second kappa shape index (κ2) is 12.0. The standard InChI is InChI=1S/C24H32ClN5O.HI/c1-2-26-23(29-20-10-14-30(17-20)22-21(25)9-6-13-27-22)28-18-24(11-15-31-16-12-24)19-7-4-3-5-8-19;/h3-9,13,20H,2,10-12,14-18H2,1H3,(H2,26,28,29);1H. The van der Waals surface area contributed by atoms with E-state index in [9.17, 15) is 0 Å². The van der Waals surface area contributed by atoms with Gasteiger partial charge in [-0.1, -0.05) is 41.9 Å². The molecule has 2 aliphatic heterocycles. The summed E-state index contributed by atoms with van der Waals surface area (Å²) >= 11 is 6.35. The van der Waals surface area contributed by atoms with Gasteiger partial charge in [-0.3, -0.25) is 4.99 Å². The second-order valence-electron chi connectivity index (χ2n) is 8.34. The Morgan fingerprint density at radius 3 is 2.72 bits per heavy atom. The van der Waals surface area contributed by atoms with Gasteiger partial charge in [0.25, 0.3) is 0 Å². The van der Waals surface area contributed by atoms with Crippen LogP contribution in [0.1, 0.15) is 31.7 Å². The Bertz CT molecular complexity index is 876. The Morgan fingerprint density at radius 2 is 2.00 bits per heavy atom. The molecule has 2 aliphatic rings. The van der Waals surface area contributed by atoms with Crippen molar-refractivity contribution >= 4 is 47.4 Å². The summed E-state index contributed by atoms with van der Waals surface area (Å²) < 4.78 is 5.67. The van der Waals surface area contributed by atoms with Crippen LogP contribution < -0.4 is 15.5 Å². The minimum atomic E-state index is 0. The average Bonchev–Trinajstić information content (AvgIpc) is 3.27. The minimum Gasteiger partial charge on any atom is -0.381 e. The first kappa shape index (κ1) is 25.1. The van der Waals surface area contributed by atoms with E-state index in [4.69, 9.17) is 21.3 Å². The van der Waals surface area contributed by atoms with Crippen molar-refractivity contribution in [2.24, 2.45) is 4.99 Å². The van der Waals surface area contributed by atoms with E-state index >= 15 is 0 Å². The topological polar surface area (TPSA) is 61.8 Å². The van der Waals surface area contributed by atoms with Gasteiger partial charge in [0.1, 0.15) is 5.82 Å². The third kappa shape index (κ3) is 6.05. The smallest absolute Gasteiger partial charge is 0.191 e. The van der Waals surface area contributed by atoms with Crippen LogP contribution in [0.15, 0.2) is 53.7 Å².